The fourth-order valence-electron chi connectivity index (χ4n) is 3.83. The van der Waals surface area contributed by atoms with E-state index in [9.17, 15) is 14.4 Å². The Morgan fingerprint density at radius 1 is 1.10 bits per heavy atom. The van der Waals surface area contributed by atoms with Gasteiger partial charge in [0.1, 0.15) is 10.8 Å². The largest absolute Gasteiger partial charge is 0.369 e. The molecule has 1 unspecified atom stereocenters. The van der Waals surface area contributed by atoms with Crippen molar-refractivity contribution < 1.29 is 14.4 Å². The Hall–Kier alpha value is -2.37. The summed E-state index contributed by atoms with van der Waals surface area (Å²) in [6.07, 6.45) is 0.928. The lowest BCUT2D eigenvalue weighted by Gasteiger charge is -2.46. The molecular weight excluding hydrogens is 270 g/mol. The zero-order valence-corrected chi connectivity index (χ0v) is 11.5. The lowest BCUT2D eigenvalue weighted by atomic mass is 9.53. The molecule has 1 aromatic rings. The van der Waals surface area contributed by atoms with Crippen molar-refractivity contribution in [2.45, 2.75) is 24.7 Å². The number of nitrogens with one attached hydrogen (secondary N) is 1. The molecule has 0 saturated carbocycles. The van der Waals surface area contributed by atoms with Gasteiger partial charge in [-0.2, -0.15) is 0 Å². The highest BCUT2D eigenvalue weighted by molar-refractivity contribution is 6.12. The number of hydrogen-bond acceptors (Lipinski definition) is 3. The van der Waals surface area contributed by atoms with Crippen molar-refractivity contribution in [3.05, 3.63) is 35.4 Å². The fourth-order valence-corrected chi connectivity index (χ4v) is 3.83. The van der Waals surface area contributed by atoms with Crippen LogP contribution in [0.4, 0.5) is 0 Å². The van der Waals surface area contributed by atoms with Gasteiger partial charge < -0.3 is 16.8 Å². The molecule has 3 aliphatic rings. The fraction of sp³-hybridized carbons (Fsp3) is 0.400. The van der Waals surface area contributed by atoms with Gasteiger partial charge in [0.05, 0.1) is 0 Å². The Morgan fingerprint density at radius 3 is 2.19 bits per heavy atom. The van der Waals surface area contributed by atoms with Gasteiger partial charge in [-0.25, -0.2) is 0 Å². The summed E-state index contributed by atoms with van der Waals surface area (Å²) in [7, 11) is 0. The highest BCUT2D eigenvalue weighted by Crippen LogP contribution is 2.51. The molecule has 5 N–H and O–H groups in total. The van der Waals surface area contributed by atoms with Crippen LogP contribution >= 0.6 is 0 Å². The van der Waals surface area contributed by atoms with Gasteiger partial charge in [-0.3, -0.25) is 14.4 Å². The monoisotopic (exact) mass is 287 g/mol. The van der Waals surface area contributed by atoms with Gasteiger partial charge in [-0.15, -0.1) is 0 Å². The SMILES string of the molecule is NC(=O)C1(C(N)=O)CCCNC(=O)C12Cc1ccc2cc1. The standard InChI is InChI=1S/C15H17N3O3/c16-11(19)14(12(17)20)6-1-7-18-13(21)15(14)8-9-2-4-10(15)5-3-9/h2-5H,1,6-8H2,(H2,16,19)(H2,17,20)(H,18,21). The lowest BCUT2D eigenvalue weighted by molar-refractivity contribution is -0.152. The van der Waals surface area contributed by atoms with Crippen LogP contribution in [0.3, 0.4) is 0 Å². The van der Waals surface area contributed by atoms with E-state index in [1.807, 2.05) is 12.1 Å². The molecule has 21 heavy (non-hydrogen) atoms. The zero-order chi connectivity index (χ0) is 15.3. The number of primary amides is 2. The predicted molar refractivity (Wildman–Crippen MR) is 74.9 cm³/mol. The molecule has 1 saturated heterocycles. The third-order valence-electron chi connectivity index (χ3n) is 4.89. The first kappa shape index (κ1) is 13.6. The van der Waals surface area contributed by atoms with Crippen molar-refractivity contribution >= 4 is 17.7 Å². The molecule has 1 aliphatic heterocycles. The highest BCUT2D eigenvalue weighted by atomic mass is 16.2. The Labute approximate surface area is 121 Å². The summed E-state index contributed by atoms with van der Waals surface area (Å²) in [4.78, 5) is 37.2. The summed E-state index contributed by atoms with van der Waals surface area (Å²) < 4.78 is 0. The smallest absolute Gasteiger partial charge is 0.234 e. The van der Waals surface area contributed by atoms with E-state index in [1.165, 1.54) is 0 Å². The molecule has 2 aliphatic carbocycles. The number of amides is 3. The molecule has 110 valence electrons. The van der Waals surface area contributed by atoms with E-state index in [4.69, 9.17) is 11.5 Å². The van der Waals surface area contributed by atoms with Gasteiger partial charge >= 0.3 is 0 Å². The van der Waals surface area contributed by atoms with Gasteiger partial charge in [-0.1, -0.05) is 24.3 Å². The number of rotatable bonds is 2. The summed E-state index contributed by atoms with van der Waals surface area (Å²) in [6, 6.07) is 7.30. The van der Waals surface area contributed by atoms with Crippen molar-refractivity contribution in [2.75, 3.05) is 6.54 Å². The molecule has 1 aromatic carbocycles. The molecule has 1 spiro atoms. The van der Waals surface area contributed by atoms with Gasteiger partial charge in [0.2, 0.25) is 17.7 Å². The third-order valence-corrected chi connectivity index (χ3v) is 4.89. The summed E-state index contributed by atoms with van der Waals surface area (Å²) in [6.45, 7) is 0.402. The van der Waals surface area contributed by atoms with Crippen LogP contribution < -0.4 is 16.8 Å². The predicted octanol–water partition coefficient (Wildman–Crippen LogP) is -0.652. The van der Waals surface area contributed by atoms with E-state index < -0.39 is 22.6 Å². The highest BCUT2D eigenvalue weighted by Gasteiger charge is 2.65. The molecule has 2 bridgehead atoms. The van der Waals surface area contributed by atoms with Crippen LogP contribution in [0, 0.1) is 5.41 Å². The zero-order valence-electron chi connectivity index (χ0n) is 11.5. The van der Waals surface area contributed by atoms with Gasteiger partial charge in [0, 0.05) is 6.54 Å². The van der Waals surface area contributed by atoms with Crippen molar-refractivity contribution in [2.24, 2.45) is 16.9 Å². The van der Waals surface area contributed by atoms with Crippen LogP contribution in [0.15, 0.2) is 24.3 Å². The molecule has 0 radical (unpaired) electrons. The van der Waals surface area contributed by atoms with Gasteiger partial charge in [0.15, 0.2) is 0 Å². The average Bonchev–Trinajstić information content (AvgIpc) is 2.59. The Morgan fingerprint density at radius 2 is 1.71 bits per heavy atom. The maximum atomic E-state index is 12.8. The van der Waals surface area contributed by atoms with E-state index in [2.05, 4.69) is 5.32 Å². The third kappa shape index (κ3) is 1.50. The number of fused-ring (bicyclic) bond motifs is 2. The van der Waals surface area contributed by atoms with Crippen molar-refractivity contribution in [1.29, 1.82) is 0 Å². The van der Waals surface area contributed by atoms with E-state index in [-0.39, 0.29) is 18.7 Å². The van der Waals surface area contributed by atoms with Gasteiger partial charge in [0.25, 0.3) is 0 Å². The molecule has 1 atom stereocenters. The maximum absolute atomic E-state index is 12.8. The molecule has 1 heterocycles. The average molecular weight is 287 g/mol. The van der Waals surface area contributed by atoms with Crippen LogP contribution in [0.5, 0.6) is 0 Å². The second-order valence-corrected chi connectivity index (χ2v) is 5.77. The number of carbonyl (C=O) groups is 3. The first-order valence-electron chi connectivity index (χ1n) is 6.93. The van der Waals surface area contributed by atoms with E-state index in [0.717, 1.165) is 5.56 Å². The Kier molecular flexibility index (Phi) is 2.79. The normalized spacial score (nSPS) is 26.2. The first-order chi connectivity index (χ1) is 9.95. The topological polar surface area (TPSA) is 115 Å². The van der Waals surface area contributed by atoms with Crippen LogP contribution in [0.2, 0.25) is 0 Å². The molecule has 6 nitrogen and oxygen atoms in total. The molecule has 6 heteroatoms. The van der Waals surface area contributed by atoms with Crippen LogP contribution in [-0.4, -0.2) is 24.3 Å². The molecular formula is C15H17N3O3. The van der Waals surface area contributed by atoms with Gasteiger partial charge in [-0.05, 0) is 30.4 Å². The Bertz CT molecular complexity index is 624. The van der Waals surface area contributed by atoms with Crippen LogP contribution in [-0.2, 0) is 26.2 Å². The van der Waals surface area contributed by atoms with Crippen molar-refractivity contribution in [3.8, 4) is 0 Å². The van der Waals surface area contributed by atoms with E-state index in [0.29, 0.717) is 18.5 Å². The number of hydrogen-bond donors (Lipinski definition) is 3. The summed E-state index contributed by atoms with van der Waals surface area (Å²) in [5, 5.41) is 2.80. The summed E-state index contributed by atoms with van der Waals surface area (Å²) in [5.41, 5.74) is 9.66. The summed E-state index contributed by atoms with van der Waals surface area (Å²) >= 11 is 0. The minimum atomic E-state index is -1.69. The van der Waals surface area contributed by atoms with E-state index in [1.54, 1.807) is 12.1 Å². The molecule has 1 fully saturated rings. The molecule has 4 rings (SSSR count). The second kappa shape index (κ2) is 4.31. The number of carbonyl (C=O) groups excluding carboxylic acids is 3. The minimum Gasteiger partial charge on any atom is -0.369 e. The number of nitrogens with two attached hydrogens (primary N) is 2. The van der Waals surface area contributed by atoms with E-state index >= 15 is 0 Å². The van der Waals surface area contributed by atoms with Crippen molar-refractivity contribution in [3.63, 3.8) is 0 Å². The number of benzene rings is 1. The Balaban J connectivity index is 2.33. The molecule has 3 amide bonds. The minimum absolute atomic E-state index is 0.175. The quantitative estimate of drug-likeness (QED) is 0.627. The van der Waals surface area contributed by atoms with Crippen LogP contribution in [0.1, 0.15) is 24.0 Å². The van der Waals surface area contributed by atoms with Crippen LogP contribution in [0.25, 0.3) is 0 Å². The maximum Gasteiger partial charge on any atom is 0.234 e. The first-order valence-corrected chi connectivity index (χ1v) is 6.93. The summed E-state index contributed by atoms with van der Waals surface area (Å²) in [5.74, 6) is -2.00. The molecule has 0 aromatic heterocycles. The van der Waals surface area contributed by atoms with Crippen molar-refractivity contribution in [1.82, 2.24) is 5.32 Å². The second-order valence-electron chi connectivity index (χ2n) is 5.77. The lowest BCUT2D eigenvalue weighted by Crippen LogP contribution is -2.66.